The highest BCUT2D eigenvalue weighted by Crippen LogP contribution is 2.22. The van der Waals surface area contributed by atoms with Crippen LogP contribution in [0.25, 0.3) is 0 Å². The van der Waals surface area contributed by atoms with Gasteiger partial charge in [-0.2, -0.15) is 0 Å². The minimum Gasteiger partial charge on any atom is -0.394 e. The van der Waals surface area contributed by atoms with Crippen LogP contribution in [0, 0.1) is 0 Å². The average molecular weight is 778 g/mol. The maximum atomic E-state index is 12.9. The van der Waals surface area contributed by atoms with Gasteiger partial charge in [-0.25, -0.2) is 0 Å². The number of amides is 1. The van der Waals surface area contributed by atoms with E-state index in [2.05, 4.69) is 49.5 Å². The molecule has 0 saturated carbocycles. The van der Waals surface area contributed by atoms with E-state index in [0.29, 0.717) is 6.42 Å². The molecular formula is C46H83NO8. The van der Waals surface area contributed by atoms with Gasteiger partial charge in [0.15, 0.2) is 6.29 Å². The first-order valence-electron chi connectivity index (χ1n) is 22.4. The Kier molecular flexibility index (Phi) is 33.9. The third kappa shape index (κ3) is 27.4. The van der Waals surface area contributed by atoms with Gasteiger partial charge in [0, 0.05) is 6.42 Å². The molecule has 7 atom stereocenters. The number of carbonyl (C=O) groups excluding carboxylic acids is 1. The van der Waals surface area contributed by atoms with Crippen LogP contribution in [0.3, 0.4) is 0 Å². The lowest BCUT2D eigenvalue weighted by Gasteiger charge is -2.40. The third-order valence-electron chi connectivity index (χ3n) is 10.4. The van der Waals surface area contributed by atoms with Crippen molar-refractivity contribution in [3.63, 3.8) is 0 Å². The second kappa shape index (κ2) is 36.5. The van der Waals surface area contributed by atoms with E-state index in [1.807, 2.05) is 12.2 Å². The number of hydrogen-bond donors (Lipinski definition) is 6. The highest BCUT2D eigenvalue weighted by atomic mass is 16.7. The van der Waals surface area contributed by atoms with Crippen LogP contribution >= 0.6 is 0 Å². The number of nitrogens with one attached hydrogen (secondary N) is 1. The summed E-state index contributed by atoms with van der Waals surface area (Å²) in [7, 11) is 0. The Morgan fingerprint density at radius 2 is 1.09 bits per heavy atom. The molecule has 0 spiro atoms. The number of allylic oxidation sites excluding steroid dienone is 7. The molecule has 0 aromatic carbocycles. The van der Waals surface area contributed by atoms with Gasteiger partial charge in [0.1, 0.15) is 24.4 Å². The van der Waals surface area contributed by atoms with Crippen molar-refractivity contribution in [1.29, 1.82) is 0 Å². The molecule has 9 heteroatoms. The standard InChI is InChI=1S/C46H83NO8/c1-3-5-7-9-11-13-15-17-18-19-20-21-22-24-25-27-29-31-33-35-40(49)39(38-54-46-45(53)44(52)43(51)41(37-48)55-46)47-42(50)36-34-32-30-28-26-23-16-14-12-10-8-6-4-2/h23,25-27,30,32-33,35,39-41,43-46,48-49,51-53H,3-22,24,28-29,31,34,36-38H2,1-2H3,(H,47,50)/b26-23-,27-25+,32-30-,35-33+. The highest BCUT2D eigenvalue weighted by Gasteiger charge is 2.44. The Labute approximate surface area is 335 Å². The predicted molar refractivity (Wildman–Crippen MR) is 226 cm³/mol. The van der Waals surface area contributed by atoms with Crippen molar-refractivity contribution < 1.29 is 39.8 Å². The van der Waals surface area contributed by atoms with E-state index in [1.165, 1.54) is 122 Å². The summed E-state index contributed by atoms with van der Waals surface area (Å²) in [5.74, 6) is -0.255. The molecule has 320 valence electrons. The van der Waals surface area contributed by atoms with Crippen molar-refractivity contribution in [3.8, 4) is 0 Å². The minimum atomic E-state index is -1.58. The Morgan fingerprint density at radius 1 is 0.618 bits per heavy atom. The van der Waals surface area contributed by atoms with Gasteiger partial charge in [-0.05, 0) is 51.4 Å². The Balaban J connectivity index is 2.43. The van der Waals surface area contributed by atoms with Crippen LogP contribution in [0.1, 0.15) is 181 Å². The second-order valence-electron chi connectivity index (χ2n) is 15.5. The molecule has 7 unspecified atom stereocenters. The molecule has 0 aromatic rings. The van der Waals surface area contributed by atoms with Gasteiger partial charge < -0.3 is 40.3 Å². The molecule has 55 heavy (non-hydrogen) atoms. The second-order valence-corrected chi connectivity index (χ2v) is 15.5. The molecule has 9 nitrogen and oxygen atoms in total. The first-order chi connectivity index (χ1) is 26.8. The van der Waals surface area contributed by atoms with Crippen LogP contribution in [0.5, 0.6) is 0 Å². The number of hydrogen-bond acceptors (Lipinski definition) is 8. The quantitative estimate of drug-likeness (QED) is 0.0273. The lowest BCUT2D eigenvalue weighted by molar-refractivity contribution is -0.302. The molecule has 1 fully saturated rings. The zero-order chi connectivity index (χ0) is 40.2. The predicted octanol–water partition coefficient (Wildman–Crippen LogP) is 9.06. The number of ether oxygens (including phenoxy) is 2. The van der Waals surface area contributed by atoms with Crippen LogP contribution in [0.4, 0.5) is 0 Å². The molecule has 1 amide bonds. The first kappa shape index (κ1) is 51.2. The molecule has 1 aliphatic rings. The van der Waals surface area contributed by atoms with Crippen molar-refractivity contribution in [2.24, 2.45) is 0 Å². The lowest BCUT2D eigenvalue weighted by atomic mass is 9.99. The zero-order valence-corrected chi connectivity index (χ0v) is 34.9. The van der Waals surface area contributed by atoms with E-state index in [1.54, 1.807) is 6.08 Å². The van der Waals surface area contributed by atoms with Crippen LogP contribution in [0.15, 0.2) is 48.6 Å². The largest absolute Gasteiger partial charge is 0.394 e. The van der Waals surface area contributed by atoms with Crippen molar-refractivity contribution in [2.75, 3.05) is 13.2 Å². The van der Waals surface area contributed by atoms with Gasteiger partial charge in [-0.1, -0.05) is 172 Å². The summed E-state index contributed by atoms with van der Waals surface area (Å²) >= 11 is 0. The maximum Gasteiger partial charge on any atom is 0.220 e. The van der Waals surface area contributed by atoms with Gasteiger partial charge in [0.2, 0.25) is 5.91 Å². The summed E-state index contributed by atoms with van der Waals surface area (Å²) in [6.45, 7) is 3.70. The van der Waals surface area contributed by atoms with Crippen molar-refractivity contribution in [1.82, 2.24) is 5.32 Å². The monoisotopic (exact) mass is 778 g/mol. The van der Waals surface area contributed by atoms with E-state index >= 15 is 0 Å². The molecule has 1 saturated heterocycles. The number of aliphatic hydroxyl groups excluding tert-OH is 5. The van der Waals surface area contributed by atoms with E-state index < -0.39 is 49.5 Å². The van der Waals surface area contributed by atoms with Gasteiger partial charge in [-0.15, -0.1) is 0 Å². The third-order valence-corrected chi connectivity index (χ3v) is 10.4. The van der Waals surface area contributed by atoms with Crippen LogP contribution in [0.2, 0.25) is 0 Å². The smallest absolute Gasteiger partial charge is 0.220 e. The summed E-state index contributed by atoms with van der Waals surface area (Å²) < 4.78 is 11.2. The van der Waals surface area contributed by atoms with Crippen molar-refractivity contribution in [2.45, 2.75) is 224 Å². The number of aliphatic hydroxyl groups is 5. The Hall–Kier alpha value is -1.85. The minimum absolute atomic E-state index is 0.224. The van der Waals surface area contributed by atoms with Gasteiger partial charge >= 0.3 is 0 Å². The topological polar surface area (TPSA) is 149 Å². The molecule has 0 radical (unpaired) electrons. The van der Waals surface area contributed by atoms with E-state index in [-0.39, 0.29) is 18.9 Å². The number of rotatable bonds is 36. The highest BCUT2D eigenvalue weighted by molar-refractivity contribution is 5.76. The van der Waals surface area contributed by atoms with Gasteiger partial charge in [-0.3, -0.25) is 4.79 Å². The average Bonchev–Trinajstić information content (AvgIpc) is 3.18. The summed E-state index contributed by atoms with van der Waals surface area (Å²) in [6, 6.07) is -0.851. The fourth-order valence-corrected chi connectivity index (χ4v) is 6.75. The fourth-order valence-electron chi connectivity index (χ4n) is 6.75. The molecular weight excluding hydrogens is 695 g/mol. The molecule has 1 heterocycles. The summed E-state index contributed by atoms with van der Waals surface area (Å²) in [4.78, 5) is 12.9. The van der Waals surface area contributed by atoms with Crippen LogP contribution in [-0.2, 0) is 14.3 Å². The van der Waals surface area contributed by atoms with Crippen LogP contribution < -0.4 is 5.32 Å². The number of unbranched alkanes of at least 4 members (excludes halogenated alkanes) is 20. The van der Waals surface area contributed by atoms with E-state index in [4.69, 9.17) is 9.47 Å². The Bertz CT molecular complexity index is 998. The fraction of sp³-hybridized carbons (Fsp3) is 0.804. The van der Waals surface area contributed by atoms with Crippen molar-refractivity contribution >= 4 is 5.91 Å². The molecule has 1 rings (SSSR count). The lowest BCUT2D eigenvalue weighted by Crippen LogP contribution is -2.60. The maximum absolute atomic E-state index is 12.9. The van der Waals surface area contributed by atoms with Crippen molar-refractivity contribution in [3.05, 3.63) is 48.6 Å². The SMILES string of the molecule is CCCCCCCC/C=C\C/C=C\CCC(=O)NC(COC1OC(CO)C(O)C(O)C1O)C(O)/C=C/CC/C=C/CCCCCCCCCCCCCCC. The number of carbonyl (C=O) groups is 1. The molecule has 1 aliphatic heterocycles. The van der Waals surface area contributed by atoms with E-state index in [0.717, 1.165) is 32.1 Å². The first-order valence-corrected chi connectivity index (χ1v) is 22.4. The van der Waals surface area contributed by atoms with Gasteiger partial charge in [0.05, 0.1) is 25.4 Å². The summed E-state index contributed by atoms with van der Waals surface area (Å²) in [5, 5.41) is 54.0. The molecule has 0 aromatic heterocycles. The van der Waals surface area contributed by atoms with Gasteiger partial charge in [0.25, 0.3) is 0 Å². The Morgan fingerprint density at radius 3 is 1.64 bits per heavy atom. The normalized spacial score (nSPS) is 21.8. The van der Waals surface area contributed by atoms with Crippen LogP contribution in [-0.4, -0.2) is 87.5 Å². The molecule has 6 N–H and O–H groups in total. The zero-order valence-electron chi connectivity index (χ0n) is 34.9. The molecule has 0 bridgehead atoms. The van der Waals surface area contributed by atoms with E-state index in [9.17, 15) is 30.3 Å². The molecule has 0 aliphatic carbocycles. The summed E-state index contributed by atoms with van der Waals surface area (Å²) in [6.07, 6.45) is 38.9. The summed E-state index contributed by atoms with van der Waals surface area (Å²) in [5.41, 5.74) is 0.